The van der Waals surface area contributed by atoms with Crippen molar-refractivity contribution in [3.8, 4) is 46.0 Å². The minimum Gasteiger partial charge on any atom is -0.502 e. The summed E-state index contributed by atoms with van der Waals surface area (Å²) < 4.78 is 30.8. The quantitative estimate of drug-likeness (QED) is 0.0698. The molecule has 0 aliphatic rings. The van der Waals surface area contributed by atoms with Gasteiger partial charge in [0.05, 0.1) is 26.4 Å². The maximum atomic E-state index is 11.1. The number of benzene rings is 2. The van der Waals surface area contributed by atoms with Crippen LogP contribution < -0.4 is 23.7 Å². The van der Waals surface area contributed by atoms with Gasteiger partial charge in [-0.3, -0.25) is 0 Å². The summed E-state index contributed by atoms with van der Waals surface area (Å²) in [6.45, 7) is 10.9. The van der Waals surface area contributed by atoms with Gasteiger partial charge in [0.1, 0.15) is 11.5 Å². The molecule has 0 saturated carbocycles. The topological polar surface area (TPSA) is 86.6 Å². The highest BCUT2D eigenvalue weighted by atomic mass is 16.5. The van der Waals surface area contributed by atoms with Gasteiger partial charge in [0.15, 0.2) is 23.0 Å². The smallest absolute Gasteiger partial charge is 0.201 e. The van der Waals surface area contributed by atoms with Crippen molar-refractivity contribution in [2.45, 2.75) is 182 Å². The van der Waals surface area contributed by atoms with E-state index < -0.39 is 0 Å². The van der Waals surface area contributed by atoms with Crippen LogP contribution in [-0.2, 0) is 0 Å². The molecule has 51 heavy (non-hydrogen) atoms. The van der Waals surface area contributed by atoms with Crippen molar-refractivity contribution in [1.82, 2.24) is 0 Å². The second-order valence-corrected chi connectivity index (χ2v) is 14.1. The fourth-order valence-corrected chi connectivity index (χ4v) is 6.07. The maximum Gasteiger partial charge on any atom is 0.201 e. The van der Waals surface area contributed by atoms with Crippen molar-refractivity contribution < 1.29 is 33.9 Å². The van der Waals surface area contributed by atoms with Gasteiger partial charge < -0.3 is 33.9 Å². The molecule has 2 aromatic carbocycles. The lowest BCUT2D eigenvalue weighted by Gasteiger charge is -2.17. The Morgan fingerprint density at radius 1 is 0.333 bits per heavy atom. The number of rotatable bonds is 34. The standard InChI is InChI=1S/C44H74O7/c1-5-9-13-17-21-25-29-47-39-33-37(34-40(43(39)45)48-30-26-22-18-14-10-6-2)51-38-35-41(49-31-27-23-19-15-11-7-3)44(46)42(36-38)50-32-28-24-20-16-12-8-4/h33-36,45-46H,5-32H2,1-4H3. The molecule has 0 unspecified atom stereocenters. The van der Waals surface area contributed by atoms with Gasteiger partial charge in [-0.2, -0.15) is 0 Å². The summed E-state index contributed by atoms with van der Waals surface area (Å²) in [5.41, 5.74) is 0. The van der Waals surface area contributed by atoms with Gasteiger partial charge >= 0.3 is 0 Å². The molecular weight excluding hydrogens is 640 g/mol. The lowest BCUT2D eigenvalue weighted by molar-refractivity contribution is 0.260. The van der Waals surface area contributed by atoms with Gasteiger partial charge in [-0.1, -0.05) is 156 Å². The lowest BCUT2D eigenvalue weighted by Crippen LogP contribution is -2.03. The van der Waals surface area contributed by atoms with Crippen LogP contribution in [0.15, 0.2) is 24.3 Å². The van der Waals surface area contributed by atoms with E-state index >= 15 is 0 Å². The molecule has 0 atom stereocenters. The van der Waals surface area contributed by atoms with Crippen LogP contribution in [0.5, 0.6) is 46.0 Å². The number of ether oxygens (including phenoxy) is 5. The summed E-state index contributed by atoms with van der Waals surface area (Å²) in [6, 6.07) is 6.85. The van der Waals surface area contributed by atoms with Gasteiger partial charge in [-0.05, 0) is 25.7 Å². The number of unbranched alkanes of at least 4 members (excludes halogenated alkanes) is 20. The van der Waals surface area contributed by atoms with Crippen molar-refractivity contribution in [1.29, 1.82) is 0 Å². The van der Waals surface area contributed by atoms with Crippen LogP contribution in [0.2, 0.25) is 0 Å². The molecule has 0 aliphatic carbocycles. The van der Waals surface area contributed by atoms with Crippen molar-refractivity contribution >= 4 is 0 Å². The predicted octanol–water partition coefficient (Wildman–Crippen LogP) is 13.8. The molecule has 7 nitrogen and oxygen atoms in total. The van der Waals surface area contributed by atoms with E-state index in [9.17, 15) is 10.2 Å². The second-order valence-electron chi connectivity index (χ2n) is 14.1. The van der Waals surface area contributed by atoms with E-state index in [4.69, 9.17) is 23.7 Å². The summed E-state index contributed by atoms with van der Waals surface area (Å²) in [4.78, 5) is 0. The highest BCUT2D eigenvalue weighted by molar-refractivity contribution is 5.58. The van der Waals surface area contributed by atoms with Crippen molar-refractivity contribution in [2.24, 2.45) is 0 Å². The minimum absolute atomic E-state index is 0.00376. The first kappa shape index (κ1) is 44.2. The molecule has 0 saturated heterocycles. The zero-order chi connectivity index (χ0) is 36.8. The second kappa shape index (κ2) is 29.6. The number of aromatic hydroxyl groups is 2. The summed E-state index contributed by atoms with van der Waals surface area (Å²) in [6.07, 6.45) is 27.7. The molecule has 0 fully saturated rings. The van der Waals surface area contributed by atoms with E-state index in [1.54, 1.807) is 24.3 Å². The van der Waals surface area contributed by atoms with E-state index in [1.165, 1.54) is 103 Å². The zero-order valence-electron chi connectivity index (χ0n) is 33.0. The Bertz CT molecular complexity index is 969. The van der Waals surface area contributed by atoms with Crippen molar-refractivity contribution in [2.75, 3.05) is 26.4 Å². The Labute approximate surface area is 311 Å². The highest BCUT2D eigenvalue weighted by Crippen LogP contribution is 2.45. The molecule has 0 aromatic heterocycles. The fourth-order valence-electron chi connectivity index (χ4n) is 6.07. The molecule has 0 spiro atoms. The van der Waals surface area contributed by atoms with Crippen LogP contribution in [0.3, 0.4) is 0 Å². The normalized spacial score (nSPS) is 11.1. The summed E-state index contributed by atoms with van der Waals surface area (Å²) in [5.74, 6) is 2.31. The third-order valence-corrected chi connectivity index (χ3v) is 9.28. The van der Waals surface area contributed by atoms with E-state index in [0.29, 0.717) is 60.9 Å². The molecule has 2 aromatic rings. The largest absolute Gasteiger partial charge is 0.502 e. The van der Waals surface area contributed by atoms with Crippen LogP contribution in [-0.4, -0.2) is 36.6 Å². The van der Waals surface area contributed by atoms with E-state index in [0.717, 1.165) is 51.4 Å². The summed E-state index contributed by atoms with van der Waals surface area (Å²) >= 11 is 0. The molecular formula is C44H74O7. The van der Waals surface area contributed by atoms with Gasteiger partial charge in [-0.25, -0.2) is 0 Å². The maximum absolute atomic E-state index is 11.1. The highest BCUT2D eigenvalue weighted by Gasteiger charge is 2.18. The average Bonchev–Trinajstić information content (AvgIpc) is 3.13. The van der Waals surface area contributed by atoms with Crippen LogP contribution >= 0.6 is 0 Å². The van der Waals surface area contributed by atoms with E-state index in [1.807, 2.05) is 0 Å². The molecule has 0 radical (unpaired) electrons. The molecule has 292 valence electrons. The molecule has 0 aliphatic heterocycles. The summed E-state index contributed by atoms with van der Waals surface area (Å²) in [5, 5.41) is 22.3. The third kappa shape index (κ3) is 20.0. The minimum atomic E-state index is -0.00376. The third-order valence-electron chi connectivity index (χ3n) is 9.28. The zero-order valence-corrected chi connectivity index (χ0v) is 33.0. The lowest BCUT2D eigenvalue weighted by atomic mass is 10.1. The Balaban J connectivity index is 2.21. The van der Waals surface area contributed by atoms with Gasteiger partial charge in [-0.15, -0.1) is 0 Å². The summed E-state index contributed by atoms with van der Waals surface area (Å²) in [7, 11) is 0. The number of phenolic OH excluding ortho intramolecular Hbond substituents is 2. The Kier molecular flexibility index (Phi) is 25.7. The Hall–Kier alpha value is -2.96. The molecule has 0 bridgehead atoms. The SMILES string of the molecule is CCCCCCCCOc1cc(Oc2cc(OCCCCCCCC)c(O)c(OCCCCCCCC)c2)cc(OCCCCCCCC)c1O. The van der Waals surface area contributed by atoms with Gasteiger partial charge in [0.25, 0.3) is 0 Å². The molecule has 7 heteroatoms. The number of hydrogen-bond donors (Lipinski definition) is 2. The monoisotopic (exact) mass is 715 g/mol. The van der Waals surface area contributed by atoms with Crippen molar-refractivity contribution in [3.63, 3.8) is 0 Å². The average molecular weight is 715 g/mol. The van der Waals surface area contributed by atoms with E-state index in [-0.39, 0.29) is 11.5 Å². The van der Waals surface area contributed by atoms with Crippen LogP contribution in [0.4, 0.5) is 0 Å². The predicted molar refractivity (Wildman–Crippen MR) is 212 cm³/mol. The van der Waals surface area contributed by atoms with Gasteiger partial charge in [0.2, 0.25) is 11.5 Å². The van der Waals surface area contributed by atoms with E-state index in [2.05, 4.69) is 27.7 Å². The molecule has 2 N–H and O–H groups in total. The van der Waals surface area contributed by atoms with Crippen molar-refractivity contribution in [3.05, 3.63) is 24.3 Å². The first-order chi connectivity index (χ1) is 25.0. The number of hydrogen-bond acceptors (Lipinski definition) is 7. The van der Waals surface area contributed by atoms with Gasteiger partial charge in [0, 0.05) is 24.3 Å². The first-order valence-electron chi connectivity index (χ1n) is 21.0. The van der Waals surface area contributed by atoms with Crippen LogP contribution in [0.1, 0.15) is 182 Å². The Morgan fingerprint density at radius 2 is 0.549 bits per heavy atom. The molecule has 0 heterocycles. The number of phenols is 2. The first-order valence-corrected chi connectivity index (χ1v) is 21.0. The van der Waals surface area contributed by atoms with Crippen LogP contribution in [0.25, 0.3) is 0 Å². The fraction of sp³-hybridized carbons (Fsp3) is 0.727. The molecule has 2 rings (SSSR count). The Morgan fingerprint density at radius 3 is 0.784 bits per heavy atom. The molecule has 0 amide bonds. The van der Waals surface area contributed by atoms with Crippen LogP contribution in [0, 0.1) is 0 Å².